The quantitative estimate of drug-likeness (QED) is 0.880. The van der Waals surface area contributed by atoms with Gasteiger partial charge >= 0.3 is 0 Å². The van der Waals surface area contributed by atoms with Crippen molar-refractivity contribution >= 4 is 17.2 Å². The van der Waals surface area contributed by atoms with Crippen LogP contribution < -0.4 is 10.6 Å². The Morgan fingerprint density at radius 3 is 2.58 bits per heavy atom. The van der Waals surface area contributed by atoms with Gasteiger partial charge in [0.25, 0.3) is 0 Å². The molecule has 0 unspecified atom stereocenters. The van der Waals surface area contributed by atoms with Gasteiger partial charge in [0, 0.05) is 13.2 Å². The highest BCUT2D eigenvalue weighted by molar-refractivity contribution is 5.74. The molecular formula is C14H11N5. The third kappa shape index (κ3) is 2.31. The van der Waals surface area contributed by atoms with E-state index < -0.39 is 0 Å². The van der Waals surface area contributed by atoms with Crippen LogP contribution in [0.2, 0.25) is 0 Å². The van der Waals surface area contributed by atoms with Gasteiger partial charge in [-0.25, -0.2) is 4.98 Å². The van der Waals surface area contributed by atoms with Gasteiger partial charge in [0.1, 0.15) is 12.1 Å². The number of benzene rings is 1. The van der Waals surface area contributed by atoms with Crippen LogP contribution in [0.1, 0.15) is 11.1 Å². The lowest BCUT2D eigenvalue weighted by Gasteiger charge is -2.20. The maximum atomic E-state index is 9.09. The first-order chi connectivity index (χ1) is 9.17. The lowest BCUT2D eigenvalue weighted by atomic mass is 10.1. The number of nitrogen functional groups attached to an aromatic ring is 1. The molecule has 0 aliphatic carbocycles. The summed E-state index contributed by atoms with van der Waals surface area (Å²) in [5.41, 5.74) is 7.95. The first kappa shape index (κ1) is 12.4. The Morgan fingerprint density at radius 2 is 1.95 bits per heavy atom. The van der Waals surface area contributed by atoms with E-state index in [0.29, 0.717) is 28.3 Å². The van der Waals surface area contributed by atoms with Gasteiger partial charge in [0.2, 0.25) is 0 Å². The number of nitriles is 2. The molecule has 0 spiro atoms. The molecule has 1 heterocycles. The molecule has 0 bridgehead atoms. The molecule has 92 valence electrons. The number of aromatic nitrogens is 1. The lowest BCUT2D eigenvalue weighted by Crippen LogP contribution is -2.14. The summed E-state index contributed by atoms with van der Waals surface area (Å²) in [4.78, 5) is 5.90. The minimum absolute atomic E-state index is 0.397. The fourth-order valence-electron chi connectivity index (χ4n) is 1.79. The zero-order valence-corrected chi connectivity index (χ0v) is 10.3. The topological polar surface area (TPSA) is 89.7 Å². The molecule has 5 heteroatoms. The van der Waals surface area contributed by atoms with Crippen molar-refractivity contribution in [1.82, 2.24) is 4.98 Å². The Hall–Kier alpha value is -3.05. The summed E-state index contributed by atoms with van der Waals surface area (Å²) < 4.78 is 0. The zero-order chi connectivity index (χ0) is 13.8. The first-order valence-electron chi connectivity index (χ1n) is 5.56. The van der Waals surface area contributed by atoms with Crippen LogP contribution in [0.4, 0.5) is 17.2 Å². The molecular weight excluding hydrogens is 238 g/mol. The summed E-state index contributed by atoms with van der Waals surface area (Å²) in [7, 11) is 1.78. The van der Waals surface area contributed by atoms with Gasteiger partial charge in [-0.15, -0.1) is 0 Å². The van der Waals surface area contributed by atoms with Crippen molar-refractivity contribution in [2.75, 3.05) is 17.7 Å². The average Bonchev–Trinajstić information content (AvgIpc) is 2.46. The van der Waals surface area contributed by atoms with Crippen LogP contribution in [0, 0.1) is 22.7 Å². The fourth-order valence-corrected chi connectivity index (χ4v) is 1.79. The minimum Gasteiger partial charge on any atom is -0.396 e. The molecule has 2 N–H and O–H groups in total. The van der Waals surface area contributed by atoms with E-state index in [1.54, 1.807) is 30.1 Å². The van der Waals surface area contributed by atoms with Crippen LogP contribution in [0.3, 0.4) is 0 Å². The zero-order valence-electron chi connectivity index (χ0n) is 10.3. The monoisotopic (exact) mass is 249 g/mol. The predicted molar refractivity (Wildman–Crippen MR) is 72.6 cm³/mol. The third-order valence-electron chi connectivity index (χ3n) is 2.73. The third-order valence-corrected chi connectivity index (χ3v) is 2.73. The summed E-state index contributed by atoms with van der Waals surface area (Å²) in [6, 6.07) is 12.9. The van der Waals surface area contributed by atoms with Crippen molar-refractivity contribution < 1.29 is 0 Å². The number of rotatable bonds is 2. The van der Waals surface area contributed by atoms with E-state index in [1.165, 1.54) is 6.20 Å². The second-order valence-corrected chi connectivity index (χ2v) is 3.94. The summed E-state index contributed by atoms with van der Waals surface area (Å²) in [6.07, 6.45) is 1.46. The van der Waals surface area contributed by atoms with Crippen molar-refractivity contribution in [1.29, 1.82) is 10.5 Å². The molecule has 0 atom stereocenters. The number of nitrogens with zero attached hydrogens (tertiary/aromatic N) is 4. The summed E-state index contributed by atoms with van der Waals surface area (Å²) >= 11 is 0. The largest absolute Gasteiger partial charge is 0.396 e. The van der Waals surface area contributed by atoms with Crippen molar-refractivity contribution in [3.05, 3.63) is 47.7 Å². The van der Waals surface area contributed by atoms with Gasteiger partial charge in [-0.2, -0.15) is 10.5 Å². The van der Waals surface area contributed by atoms with E-state index in [0.717, 1.165) is 0 Å². The van der Waals surface area contributed by atoms with Crippen molar-refractivity contribution in [3.63, 3.8) is 0 Å². The maximum Gasteiger partial charge on any atom is 0.156 e. The molecule has 0 fully saturated rings. The van der Waals surface area contributed by atoms with Crippen molar-refractivity contribution in [2.45, 2.75) is 0 Å². The Morgan fingerprint density at radius 1 is 1.21 bits per heavy atom. The van der Waals surface area contributed by atoms with E-state index in [-0.39, 0.29) is 0 Å². The van der Waals surface area contributed by atoms with E-state index in [9.17, 15) is 0 Å². The first-order valence-corrected chi connectivity index (χ1v) is 5.56. The number of hydrogen-bond acceptors (Lipinski definition) is 5. The summed E-state index contributed by atoms with van der Waals surface area (Å²) in [5, 5.41) is 17.9. The summed E-state index contributed by atoms with van der Waals surface area (Å²) in [6.45, 7) is 0. The average molecular weight is 249 g/mol. The summed E-state index contributed by atoms with van der Waals surface area (Å²) in [5.74, 6) is 0.515. The van der Waals surface area contributed by atoms with Crippen LogP contribution >= 0.6 is 0 Å². The molecule has 0 saturated carbocycles. The molecule has 5 nitrogen and oxygen atoms in total. The number of pyridine rings is 1. The number of anilines is 3. The van der Waals surface area contributed by atoms with E-state index in [2.05, 4.69) is 11.1 Å². The molecule has 19 heavy (non-hydrogen) atoms. The fraction of sp³-hybridized carbons (Fsp3) is 0.0714. The second kappa shape index (κ2) is 5.07. The van der Waals surface area contributed by atoms with Crippen molar-refractivity contribution in [3.8, 4) is 12.1 Å². The second-order valence-electron chi connectivity index (χ2n) is 3.94. The molecule has 0 saturated heterocycles. The highest BCUT2D eigenvalue weighted by Crippen LogP contribution is 2.29. The number of hydrogen-bond donors (Lipinski definition) is 1. The van der Waals surface area contributed by atoms with Gasteiger partial charge in [-0.3, -0.25) is 0 Å². The standard InChI is InChI=1S/C14H11N5/c1-19(13-5-3-2-4-11(13)8-16)14-12(17)6-10(7-15)9-18-14/h2-6,9H,17H2,1H3. The Kier molecular flexibility index (Phi) is 3.31. The van der Waals surface area contributed by atoms with Crippen LogP contribution in [-0.4, -0.2) is 12.0 Å². The number of para-hydroxylation sites is 1. The maximum absolute atomic E-state index is 9.09. The molecule has 2 aromatic rings. The van der Waals surface area contributed by atoms with Crippen LogP contribution in [-0.2, 0) is 0 Å². The molecule has 0 radical (unpaired) electrons. The highest BCUT2D eigenvalue weighted by atomic mass is 15.2. The van der Waals surface area contributed by atoms with Crippen molar-refractivity contribution in [2.24, 2.45) is 0 Å². The smallest absolute Gasteiger partial charge is 0.156 e. The van der Waals surface area contributed by atoms with Gasteiger partial charge in [0.15, 0.2) is 5.82 Å². The van der Waals surface area contributed by atoms with Crippen LogP contribution in [0.15, 0.2) is 36.5 Å². The lowest BCUT2D eigenvalue weighted by molar-refractivity contribution is 1.12. The SMILES string of the molecule is CN(c1ccccc1C#N)c1ncc(C#N)cc1N. The Labute approximate surface area is 111 Å². The molecule has 2 rings (SSSR count). The normalized spacial score (nSPS) is 9.42. The number of nitrogens with two attached hydrogens (primary N) is 1. The van der Waals surface area contributed by atoms with Gasteiger partial charge in [0.05, 0.1) is 22.5 Å². The molecule has 0 aliphatic heterocycles. The highest BCUT2D eigenvalue weighted by Gasteiger charge is 2.13. The van der Waals surface area contributed by atoms with E-state index in [4.69, 9.17) is 16.3 Å². The Balaban J connectivity index is 2.48. The predicted octanol–water partition coefficient (Wildman–Crippen LogP) is 2.18. The van der Waals surface area contributed by atoms with E-state index in [1.807, 2.05) is 18.2 Å². The van der Waals surface area contributed by atoms with E-state index >= 15 is 0 Å². The minimum atomic E-state index is 0.397. The molecule has 0 aliphatic rings. The molecule has 1 aromatic heterocycles. The molecule has 1 aromatic carbocycles. The van der Waals surface area contributed by atoms with Gasteiger partial charge < -0.3 is 10.6 Å². The Bertz CT molecular complexity index is 694. The van der Waals surface area contributed by atoms with Gasteiger partial charge in [-0.1, -0.05) is 12.1 Å². The molecule has 0 amide bonds. The van der Waals surface area contributed by atoms with Gasteiger partial charge in [-0.05, 0) is 18.2 Å². The van der Waals surface area contributed by atoms with Crippen LogP contribution in [0.25, 0.3) is 0 Å². The van der Waals surface area contributed by atoms with Crippen LogP contribution in [0.5, 0.6) is 0 Å².